The molecule has 0 saturated carbocycles. The highest BCUT2D eigenvalue weighted by atomic mass is 16.5. The highest BCUT2D eigenvalue weighted by Gasteiger charge is 2.23. The Morgan fingerprint density at radius 3 is 3.00 bits per heavy atom. The van der Waals surface area contributed by atoms with Crippen LogP contribution in [0, 0.1) is 0 Å². The summed E-state index contributed by atoms with van der Waals surface area (Å²) in [4.78, 5) is 24.3. The van der Waals surface area contributed by atoms with Crippen molar-refractivity contribution in [1.82, 2.24) is 5.32 Å². The lowest BCUT2D eigenvalue weighted by atomic mass is 10.1. The Balaban J connectivity index is 2.03. The highest BCUT2D eigenvalue weighted by molar-refractivity contribution is 6.00. The number of carbonyl (C=O) groups is 2. The Kier molecular flexibility index (Phi) is 3.50. The van der Waals surface area contributed by atoms with Crippen LogP contribution in [0.15, 0.2) is 18.2 Å². The van der Waals surface area contributed by atoms with Crippen molar-refractivity contribution < 1.29 is 14.3 Å². The van der Waals surface area contributed by atoms with E-state index in [1.807, 2.05) is 18.2 Å². The molecule has 0 fully saturated rings. The van der Waals surface area contributed by atoms with Crippen LogP contribution in [0.1, 0.15) is 18.1 Å². The normalized spacial score (nSPS) is 13.4. The molecule has 0 atom stereocenters. The van der Waals surface area contributed by atoms with Crippen molar-refractivity contribution in [2.75, 3.05) is 18.6 Å². The molecule has 0 unspecified atom stereocenters. The van der Waals surface area contributed by atoms with Crippen molar-refractivity contribution in [3.8, 4) is 0 Å². The number of carbonyl (C=O) groups excluding carboxylic acids is 2. The third-order valence-electron chi connectivity index (χ3n) is 2.93. The lowest BCUT2D eigenvalue weighted by Crippen LogP contribution is -2.23. The molecule has 18 heavy (non-hydrogen) atoms. The minimum atomic E-state index is -0.425. The zero-order chi connectivity index (χ0) is 13.1. The largest absolute Gasteiger partial charge is 0.450 e. The van der Waals surface area contributed by atoms with Gasteiger partial charge in [0.15, 0.2) is 0 Å². The number of hydrogen-bond acceptors (Lipinski definition) is 3. The topological polar surface area (TPSA) is 58.6 Å². The van der Waals surface area contributed by atoms with E-state index in [1.54, 1.807) is 18.9 Å². The fourth-order valence-electron chi connectivity index (χ4n) is 1.99. The third kappa shape index (κ3) is 2.45. The Morgan fingerprint density at radius 1 is 1.50 bits per heavy atom. The van der Waals surface area contributed by atoms with Gasteiger partial charge in [-0.1, -0.05) is 12.1 Å². The van der Waals surface area contributed by atoms with Crippen LogP contribution in [-0.2, 0) is 22.5 Å². The number of ether oxygens (including phenoxy) is 1. The van der Waals surface area contributed by atoms with Gasteiger partial charge >= 0.3 is 6.09 Å². The van der Waals surface area contributed by atoms with Crippen molar-refractivity contribution in [2.45, 2.75) is 19.9 Å². The molecule has 1 aromatic rings. The molecule has 1 aromatic carbocycles. The SMILES string of the molecule is CCOC(=O)NCc1ccc2c(c1)CC(=O)N2C. The first-order valence-corrected chi connectivity index (χ1v) is 5.90. The van der Waals surface area contributed by atoms with Crippen LogP contribution in [0.5, 0.6) is 0 Å². The molecule has 0 spiro atoms. The lowest BCUT2D eigenvalue weighted by molar-refractivity contribution is -0.117. The van der Waals surface area contributed by atoms with Crippen LogP contribution >= 0.6 is 0 Å². The molecule has 0 saturated heterocycles. The van der Waals surface area contributed by atoms with Crippen molar-refractivity contribution >= 4 is 17.7 Å². The molecule has 5 heteroatoms. The Morgan fingerprint density at radius 2 is 2.28 bits per heavy atom. The smallest absolute Gasteiger partial charge is 0.407 e. The van der Waals surface area contributed by atoms with Crippen molar-refractivity contribution in [2.24, 2.45) is 0 Å². The predicted molar refractivity (Wildman–Crippen MR) is 67.4 cm³/mol. The molecule has 1 aliphatic heterocycles. The number of nitrogens with zero attached hydrogens (tertiary/aromatic N) is 1. The number of rotatable bonds is 3. The van der Waals surface area contributed by atoms with Gasteiger partial charge in [0.1, 0.15) is 0 Å². The molecule has 5 nitrogen and oxygen atoms in total. The third-order valence-corrected chi connectivity index (χ3v) is 2.93. The number of nitrogens with one attached hydrogen (secondary N) is 1. The summed E-state index contributed by atoms with van der Waals surface area (Å²) < 4.78 is 4.78. The van der Waals surface area contributed by atoms with Crippen molar-refractivity contribution in [1.29, 1.82) is 0 Å². The Bertz CT molecular complexity index is 485. The fraction of sp³-hybridized carbons (Fsp3) is 0.385. The fourth-order valence-corrected chi connectivity index (χ4v) is 1.99. The number of amides is 2. The Labute approximate surface area is 106 Å². The van der Waals surface area contributed by atoms with Gasteiger partial charge in [-0.15, -0.1) is 0 Å². The van der Waals surface area contributed by atoms with Gasteiger partial charge in [0.25, 0.3) is 0 Å². The predicted octanol–water partition coefficient (Wildman–Crippen LogP) is 1.45. The summed E-state index contributed by atoms with van der Waals surface area (Å²) in [7, 11) is 1.77. The molecular weight excluding hydrogens is 232 g/mol. The standard InChI is InChI=1S/C13H16N2O3/c1-3-18-13(17)14-8-9-4-5-11-10(6-9)7-12(16)15(11)2/h4-6H,3,7-8H2,1-2H3,(H,14,17). The molecular formula is C13H16N2O3. The second-order valence-corrected chi connectivity index (χ2v) is 4.17. The van der Waals surface area contributed by atoms with Crippen LogP contribution in [0.25, 0.3) is 0 Å². The van der Waals surface area contributed by atoms with Crippen molar-refractivity contribution in [3.63, 3.8) is 0 Å². The van der Waals surface area contributed by atoms with Gasteiger partial charge in [-0.2, -0.15) is 0 Å². The summed E-state index contributed by atoms with van der Waals surface area (Å²) in [5.74, 6) is 0.0977. The maximum atomic E-state index is 11.5. The van der Waals surface area contributed by atoms with E-state index in [-0.39, 0.29) is 5.91 Å². The summed E-state index contributed by atoms with van der Waals surface area (Å²) in [6.45, 7) is 2.52. The number of fused-ring (bicyclic) bond motifs is 1. The van der Waals surface area contributed by atoms with E-state index in [9.17, 15) is 9.59 Å². The van der Waals surface area contributed by atoms with Crippen LogP contribution in [-0.4, -0.2) is 25.7 Å². The van der Waals surface area contributed by atoms with E-state index in [2.05, 4.69) is 5.32 Å². The molecule has 2 amide bonds. The molecule has 2 rings (SSSR count). The van der Waals surface area contributed by atoms with E-state index in [0.29, 0.717) is 19.6 Å². The summed E-state index contributed by atoms with van der Waals surface area (Å²) in [6.07, 6.45) is 0.00482. The number of anilines is 1. The van der Waals surface area contributed by atoms with Gasteiger partial charge in [0.05, 0.1) is 13.0 Å². The number of alkyl carbamates (subject to hydrolysis) is 1. The first kappa shape index (κ1) is 12.4. The molecule has 1 aliphatic rings. The maximum absolute atomic E-state index is 11.5. The molecule has 1 heterocycles. The van der Waals surface area contributed by atoms with Crippen LogP contribution < -0.4 is 10.2 Å². The number of likely N-dealkylation sites (N-methyl/N-ethyl adjacent to an activating group) is 1. The second kappa shape index (κ2) is 5.08. The highest BCUT2D eigenvalue weighted by Crippen LogP contribution is 2.28. The lowest BCUT2D eigenvalue weighted by Gasteiger charge is -2.11. The van der Waals surface area contributed by atoms with Crippen molar-refractivity contribution in [3.05, 3.63) is 29.3 Å². The Hall–Kier alpha value is -2.04. The second-order valence-electron chi connectivity index (χ2n) is 4.17. The van der Waals surface area contributed by atoms with Gasteiger partial charge < -0.3 is 15.0 Å². The van der Waals surface area contributed by atoms with Crippen LogP contribution in [0.4, 0.5) is 10.5 Å². The van der Waals surface area contributed by atoms with Crippen LogP contribution in [0.2, 0.25) is 0 Å². The summed E-state index contributed by atoms with van der Waals surface area (Å²) >= 11 is 0. The van der Waals surface area contributed by atoms with Gasteiger partial charge in [-0.25, -0.2) is 4.79 Å². The van der Waals surface area contributed by atoms with E-state index >= 15 is 0 Å². The molecule has 0 aromatic heterocycles. The maximum Gasteiger partial charge on any atom is 0.407 e. The molecule has 1 N–H and O–H groups in total. The van der Waals surface area contributed by atoms with E-state index in [0.717, 1.165) is 16.8 Å². The van der Waals surface area contributed by atoms with Gasteiger partial charge in [-0.05, 0) is 24.1 Å². The monoisotopic (exact) mass is 248 g/mol. The number of hydrogen-bond donors (Lipinski definition) is 1. The van der Waals surface area contributed by atoms with E-state index in [4.69, 9.17) is 4.74 Å². The molecule has 0 radical (unpaired) electrons. The number of benzene rings is 1. The average Bonchev–Trinajstić information content (AvgIpc) is 2.63. The zero-order valence-electron chi connectivity index (χ0n) is 10.5. The minimum Gasteiger partial charge on any atom is -0.450 e. The quantitative estimate of drug-likeness (QED) is 0.880. The first-order valence-electron chi connectivity index (χ1n) is 5.90. The minimum absolute atomic E-state index is 0.0977. The van der Waals surface area contributed by atoms with Crippen LogP contribution in [0.3, 0.4) is 0 Å². The summed E-state index contributed by atoms with van der Waals surface area (Å²) in [5.41, 5.74) is 2.91. The van der Waals surface area contributed by atoms with Gasteiger partial charge in [0.2, 0.25) is 5.91 Å². The zero-order valence-corrected chi connectivity index (χ0v) is 10.5. The van der Waals surface area contributed by atoms with E-state index in [1.165, 1.54) is 0 Å². The summed E-state index contributed by atoms with van der Waals surface area (Å²) in [5, 5.41) is 2.65. The molecule has 0 bridgehead atoms. The molecule has 96 valence electrons. The average molecular weight is 248 g/mol. The summed E-state index contributed by atoms with van der Waals surface area (Å²) in [6, 6.07) is 5.76. The van der Waals surface area contributed by atoms with Gasteiger partial charge in [-0.3, -0.25) is 4.79 Å². The molecule has 0 aliphatic carbocycles. The first-order chi connectivity index (χ1) is 8.61. The van der Waals surface area contributed by atoms with Gasteiger partial charge in [0, 0.05) is 19.3 Å². The van der Waals surface area contributed by atoms with E-state index < -0.39 is 6.09 Å².